The van der Waals surface area contributed by atoms with Crippen molar-refractivity contribution in [2.45, 2.75) is 11.2 Å². The van der Waals surface area contributed by atoms with Crippen molar-refractivity contribution >= 4 is 45.3 Å². The van der Waals surface area contributed by atoms with E-state index in [0.717, 1.165) is 38.1 Å². The van der Waals surface area contributed by atoms with Gasteiger partial charge in [-0.1, -0.05) is 34.9 Å². The van der Waals surface area contributed by atoms with E-state index in [9.17, 15) is 4.79 Å². The van der Waals surface area contributed by atoms with Crippen LogP contribution in [0.2, 0.25) is 0 Å². The van der Waals surface area contributed by atoms with E-state index in [0.29, 0.717) is 36.1 Å². The minimum absolute atomic E-state index is 0.0213. The van der Waals surface area contributed by atoms with E-state index in [1.807, 2.05) is 70.5 Å². The Morgan fingerprint density at radius 1 is 1.11 bits per heavy atom. The lowest BCUT2D eigenvalue weighted by Crippen LogP contribution is -2.62. The average molecular weight is 528 g/mol. The number of likely N-dealkylation sites (tertiary alicyclic amines) is 1. The standard InChI is InChI=1S/C28H26N6O3S/c1-36-24-11-20-22(12-25(24)37-2)32-28(38-3)34(26(20)29)19-14-33(15-19)27(35)23-10-17-7-6-16(9-21(17)31-23)18-5-4-8-30-13-18/h4-13,19,29H,14-15H2,1-3H3,(H,31,35)/p+1. The van der Waals surface area contributed by atoms with Gasteiger partial charge in [0, 0.05) is 41.0 Å². The van der Waals surface area contributed by atoms with Crippen LogP contribution in [0.1, 0.15) is 16.5 Å². The van der Waals surface area contributed by atoms with Crippen LogP contribution in [0, 0.1) is 0 Å². The maximum absolute atomic E-state index is 13.3. The van der Waals surface area contributed by atoms with Crippen LogP contribution in [0.15, 0.2) is 66.1 Å². The molecule has 0 radical (unpaired) electrons. The number of hydrogen-bond donors (Lipinski definition) is 2. The van der Waals surface area contributed by atoms with Crippen LogP contribution in [-0.2, 0) is 0 Å². The van der Waals surface area contributed by atoms with Crippen molar-refractivity contribution in [3.8, 4) is 22.6 Å². The zero-order valence-corrected chi connectivity index (χ0v) is 22.1. The lowest BCUT2D eigenvalue weighted by atomic mass is 10.1. The number of nitrogen functional groups attached to an aromatic ring is 1. The molecule has 3 aromatic heterocycles. The molecule has 0 bridgehead atoms. The van der Waals surface area contributed by atoms with Crippen molar-refractivity contribution in [3.63, 3.8) is 0 Å². The summed E-state index contributed by atoms with van der Waals surface area (Å²) in [5.41, 5.74) is 11.0. The molecule has 9 nitrogen and oxygen atoms in total. The molecule has 2 aromatic carbocycles. The average Bonchev–Trinajstić information content (AvgIpc) is 3.36. The fourth-order valence-electron chi connectivity index (χ4n) is 4.96. The highest BCUT2D eigenvalue weighted by atomic mass is 32.2. The fraction of sp³-hybridized carbons (Fsp3) is 0.214. The Morgan fingerprint density at radius 2 is 1.89 bits per heavy atom. The zero-order chi connectivity index (χ0) is 26.4. The summed E-state index contributed by atoms with van der Waals surface area (Å²) in [7, 11) is 3.19. The van der Waals surface area contributed by atoms with Crippen molar-refractivity contribution in [2.24, 2.45) is 0 Å². The van der Waals surface area contributed by atoms with E-state index in [1.54, 1.807) is 20.4 Å². The number of thioether (sulfide) groups is 1. The van der Waals surface area contributed by atoms with Crippen molar-refractivity contribution in [3.05, 3.63) is 66.6 Å². The number of anilines is 1. The van der Waals surface area contributed by atoms with Crippen LogP contribution >= 0.6 is 11.8 Å². The number of aromatic nitrogens is 4. The summed E-state index contributed by atoms with van der Waals surface area (Å²) >= 11 is 1.52. The van der Waals surface area contributed by atoms with Crippen molar-refractivity contribution < 1.29 is 18.8 Å². The largest absolute Gasteiger partial charge is 0.493 e. The summed E-state index contributed by atoms with van der Waals surface area (Å²) < 4.78 is 12.9. The summed E-state index contributed by atoms with van der Waals surface area (Å²) in [5, 5.41) is 2.56. The van der Waals surface area contributed by atoms with Crippen molar-refractivity contribution in [1.82, 2.24) is 19.9 Å². The third kappa shape index (κ3) is 3.97. The Bertz CT molecular complexity index is 1680. The Labute approximate surface area is 223 Å². The summed E-state index contributed by atoms with van der Waals surface area (Å²) in [4.78, 5) is 27.5. The van der Waals surface area contributed by atoms with Crippen LogP contribution in [0.25, 0.3) is 32.9 Å². The molecule has 1 fully saturated rings. The maximum Gasteiger partial charge on any atom is 0.299 e. The fourth-order valence-corrected chi connectivity index (χ4v) is 5.60. The minimum Gasteiger partial charge on any atom is -0.493 e. The molecule has 1 saturated heterocycles. The van der Waals surface area contributed by atoms with Gasteiger partial charge in [0.15, 0.2) is 17.0 Å². The number of pyridine rings is 1. The predicted octanol–water partition coefficient (Wildman–Crippen LogP) is 4.08. The molecule has 1 aliphatic heterocycles. The highest BCUT2D eigenvalue weighted by molar-refractivity contribution is 7.98. The number of methoxy groups -OCH3 is 2. The molecule has 5 aromatic rings. The van der Waals surface area contributed by atoms with Gasteiger partial charge >= 0.3 is 0 Å². The van der Waals surface area contributed by atoms with Crippen LogP contribution in [-0.4, -0.2) is 59.3 Å². The minimum atomic E-state index is -0.0367. The Morgan fingerprint density at radius 3 is 2.61 bits per heavy atom. The molecule has 1 aliphatic rings. The molecule has 3 N–H and O–H groups in total. The number of carbonyl (C=O) groups excluding carboxylic acids is 1. The van der Waals surface area contributed by atoms with Gasteiger partial charge in [0.25, 0.3) is 11.1 Å². The van der Waals surface area contributed by atoms with Crippen LogP contribution in [0.4, 0.5) is 5.82 Å². The molecule has 0 atom stereocenters. The van der Waals surface area contributed by atoms with E-state index in [4.69, 9.17) is 20.2 Å². The number of nitrogens with two attached hydrogens (primary N) is 1. The molecule has 10 heteroatoms. The highest BCUT2D eigenvalue weighted by Crippen LogP contribution is 2.35. The number of hydrogen-bond acceptors (Lipinski definition) is 7. The van der Waals surface area contributed by atoms with E-state index < -0.39 is 0 Å². The quantitative estimate of drug-likeness (QED) is 0.194. The first-order valence-electron chi connectivity index (χ1n) is 12.1. The monoisotopic (exact) mass is 527 g/mol. The first kappa shape index (κ1) is 24.1. The second kappa shape index (κ2) is 9.53. The molecular formula is C28H27N6O3S+. The van der Waals surface area contributed by atoms with Crippen molar-refractivity contribution in [1.29, 1.82) is 0 Å². The van der Waals surface area contributed by atoms with Gasteiger partial charge in [-0.2, -0.15) is 0 Å². The predicted molar refractivity (Wildman–Crippen MR) is 148 cm³/mol. The van der Waals surface area contributed by atoms with Gasteiger partial charge in [-0.05, 0) is 30.0 Å². The van der Waals surface area contributed by atoms with Gasteiger partial charge in [0.1, 0.15) is 11.7 Å². The molecule has 0 saturated carbocycles. The van der Waals surface area contributed by atoms with Gasteiger partial charge in [0.2, 0.25) is 5.82 Å². The molecule has 38 heavy (non-hydrogen) atoms. The number of ether oxygens (including phenoxy) is 2. The van der Waals surface area contributed by atoms with Gasteiger partial charge in [-0.25, -0.2) is 4.57 Å². The number of carbonyl (C=O) groups is 1. The second-order valence-corrected chi connectivity index (χ2v) is 9.94. The van der Waals surface area contributed by atoms with Crippen molar-refractivity contribution in [2.75, 3.05) is 39.3 Å². The third-order valence-corrected chi connectivity index (χ3v) is 7.66. The van der Waals surface area contributed by atoms with Crippen LogP contribution in [0.3, 0.4) is 0 Å². The highest BCUT2D eigenvalue weighted by Gasteiger charge is 2.38. The summed E-state index contributed by atoms with van der Waals surface area (Å²) in [6, 6.07) is 15.7. The number of nitrogens with one attached hydrogen (secondary N) is 1. The number of nitrogens with zero attached hydrogens (tertiary/aromatic N) is 4. The van der Waals surface area contributed by atoms with Crippen LogP contribution < -0.4 is 19.8 Å². The van der Waals surface area contributed by atoms with Gasteiger partial charge in [-0.3, -0.25) is 9.78 Å². The molecule has 1 amide bonds. The van der Waals surface area contributed by atoms with E-state index in [-0.39, 0.29) is 11.9 Å². The van der Waals surface area contributed by atoms with E-state index >= 15 is 0 Å². The van der Waals surface area contributed by atoms with Gasteiger partial charge in [0.05, 0.1) is 32.7 Å². The molecule has 0 aliphatic carbocycles. The van der Waals surface area contributed by atoms with Gasteiger partial charge < -0.3 is 25.1 Å². The SMILES string of the molecule is COc1cc2nc(SC)[n+](C3CN(C(=O)c4cc5ccc(-c6cccnc6)cc5[nH]4)C3)c(N)c2cc1OC. The summed E-state index contributed by atoms with van der Waals surface area (Å²) in [6.45, 7) is 1.08. The molecule has 0 spiro atoms. The van der Waals surface area contributed by atoms with E-state index in [2.05, 4.69) is 9.97 Å². The molecule has 6 rings (SSSR count). The number of benzene rings is 2. The molecular weight excluding hydrogens is 500 g/mol. The summed E-state index contributed by atoms with van der Waals surface area (Å²) in [6.07, 6.45) is 5.55. The first-order valence-corrected chi connectivity index (χ1v) is 13.4. The third-order valence-electron chi connectivity index (χ3n) is 7.00. The summed E-state index contributed by atoms with van der Waals surface area (Å²) in [5.74, 6) is 1.74. The number of aromatic amines is 1. The second-order valence-electron chi connectivity index (χ2n) is 9.17. The number of amides is 1. The van der Waals surface area contributed by atoms with Gasteiger partial charge in [-0.15, -0.1) is 0 Å². The normalized spacial score (nSPS) is 13.6. The molecule has 192 valence electrons. The Hall–Kier alpha value is -4.31. The number of fused-ring (bicyclic) bond motifs is 2. The Balaban J connectivity index is 1.25. The smallest absolute Gasteiger partial charge is 0.299 e. The number of rotatable bonds is 6. The maximum atomic E-state index is 13.3. The molecule has 4 heterocycles. The Kier molecular flexibility index (Phi) is 6.03. The number of H-pyrrole nitrogens is 1. The lowest BCUT2D eigenvalue weighted by Gasteiger charge is -2.38. The van der Waals surface area contributed by atoms with Crippen LogP contribution in [0.5, 0.6) is 11.5 Å². The molecule has 0 unspecified atom stereocenters. The lowest BCUT2D eigenvalue weighted by molar-refractivity contribution is -0.755. The topological polar surface area (TPSA) is 110 Å². The zero-order valence-electron chi connectivity index (χ0n) is 21.3. The first-order chi connectivity index (χ1) is 18.5. The van der Waals surface area contributed by atoms with E-state index in [1.165, 1.54) is 11.8 Å².